The highest BCUT2D eigenvalue weighted by Gasteiger charge is 2.01. The normalized spacial score (nSPS) is 10.2. The van der Waals surface area contributed by atoms with Crippen molar-refractivity contribution in [1.29, 1.82) is 0 Å². The molecule has 4 heteroatoms. The van der Waals surface area contributed by atoms with Gasteiger partial charge in [0, 0.05) is 24.5 Å². The second kappa shape index (κ2) is 5.55. The molecule has 1 aromatic carbocycles. The summed E-state index contributed by atoms with van der Waals surface area (Å²) >= 11 is 6.00. The number of pyridine rings is 1. The second-order valence-electron chi connectivity index (χ2n) is 3.64. The Morgan fingerprint density at radius 3 is 2.65 bits per heavy atom. The molecule has 0 radical (unpaired) electrons. The summed E-state index contributed by atoms with van der Waals surface area (Å²) in [5.74, 6) is 0.662. The standard InChI is InChI=1S/C13H13ClN2O/c14-12-9-11(15)1-2-13(12)17-8-5-10-3-6-16-7-4-10/h1-4,6-7,9H,5,8,15H2. The van der Waals surface area contributed by atoms with Crippen molar-refractivity contribution in [2.24, 2.45) is 0 Å². The van der Waals surface area contributed by atoms with E-state index in [0.717, 1.165) is 6.42 Å². The van der Waals surface area contributed by atoms with Gasteiger partial charge in [-0.2, -0.15) is 0 Å². The summed E-state index contributed by atoms with van der Waals surface area (Å²) in [5.41, 5.74) is 7.42. The van der Waals surface area contributed by atoms with E-state index in [9.17, 15) is 0 Å². The molecule has 17 heavy (non-hydrogen) atoms. The molecule has 3 nitrogen and oxygen atoms in total. The average molecular weight is 249 g/mol. The van der Waals surface area contributed by atoms with Gasteiger partial charge in [0.05, 0.1) is 11.6 Å². The minimum Gasteiger partial charge on any atom is -0.492 e. The van der Waals surface area contributed by atoms with E-state index in [0.29, 0.717) is 23.1 Å². The topological polar surface area (TPSA) is 48.1 Å². The molecule has 0 aliphatic rings. The third kappa shape index (κ3) is 3.36. The van der Waals surface area contributed by atoms with Gasteiger partial charge in [0.15, 0.2) is 0 Å². The Morgan fingerprint density at radius 1 is 1.18 bits per heavy atom. The molecule has 0 fully saturated rings. The van der Waals surface area contributed by atoms with Gasteiger partial charge in [0.25, 0.3) is 0 Å². The number of ether oxygens (including phenoxy) is 1. The number of rotatable bonds is 4. The summed E-state index contributed by atoms with van der Waals surface area (Å²) in [4.78, 5) is 3.96. The number of halogens is 1. The van der Waals surface area contributed by atoms with Crippen molar-refractivity contribution in [3.8, 4) is 5.75 Å². The van der Waals surface area contributed by atoms with E-state index in [1.807, 2.05) is 12.1 Å². The van der Waals surface area contributed by atoms with Crippen molar-refractivity contribution in [3.63, 3.8) is 0 Å². The first-order valence-corrected chi connectivity index (χ1v) is 5.70. The van der Waals surface area contributed by atoms with E-state index in [1.54, 1.807) is 30.6 Å². The van der Waals surface area contributed by atoms with E-state index in [-0.39, 0.29) is 0 Å². The van der Waals surface area contributed by atoms with E-state index >= 15 is 0 Å². The minimum absolute atomic E-state index is 0.541. The first-order chi connectivity index (χ1) is 8.25. The number of benzene rings is 1. The second-order valence-corrected chi connectivity index (χ2v) is 4.05. The Hall–Kier alpha value is -1.74. The zero-order valence-corrected chi connectivity index (χ0v) is 10.0. The summed E-state index contributed by atoms with van der Waals surface area (Å²) < 4.78 is 5.59. The molecule has 88 valence electrons. The van der Waals surface area contributed by atoms with Crippen LogP contribution in [0.4, 0.5) is 5.69 Å². The van der Waals surface area contributed by atoms with Gasteiger partial charge in [-0.25, -0.2) is 0 Å². The highest BCUT2D eigenvalue weighted by atomic mass is 35.5. The van der Waals surface area contributed by atoms with Gasteiger partial charge in [-0.3, -0.25) is 4.98 Å². The van der Waals surface area contributed by atoms with Gasteiger partial charge in [-0.05, 0) is 35.9 Å². The van der Waals surface area contributed by atoms with Crippen molar-refractivity contribution < 1.29 is 4.74 Å². The molecule has 1 heterocycles. The molecule has 0 aliphatic heterocycles. The highest BCUT2D eigenvalue weighted by molar-refractivity contribution is 6.32. The first kappa shape index (κ1) is 11.7. The number of anilines is 1. The number of aromatic nitrogens is 1. The fourth-order valence-electron chi connectivity index (χ4n) is 1.46. The lowest BCUT2D eigenvalue weighted by Crippen LogP contribution is -2.02. The molecule has 0 unspecified atom stereocenters. The van der Waals surface area contributed by atoms with Crippen LogP contribution in [-0.2, 0) is 6.42 Å². The lowest BCUT2D eigenvalue weighted by atomic mass is 10.2. The molecule has 1 aromatic heterocycles. The predicted molar refractivity (Wildman–Crippen MR) is 69.3 cm³/mol. The molecular weight excluding hydrogens is 236 g/mol. The number of nitrogens with zero attached hydrogens (tertiary/aromatic N) is 1. The van der Waals surface area contributed by atoms with Crippen molar-refractivity contribution in [2.75, 3.05) is 12.3 Å². The average Bonchev–Trinajstić information content (AvgIpc) is 2.33. The number of nitrogen functional groups attached to an aromatic ring is 1. The quantitative estimate of drug-likeness (QED) is 0.847. The van der Waals surface area contributed by atoms with Crippen molar-refractivity contribution >= 4 is 17.3 Å². The van der Waals surface area contributed by atoms with E-state index < -0.39 is 0 Å². The van der Waals surface area contributed by atoms with E-state index in [2.05, 4.69) is 4.98 Å². The highest BCUT2D eigenvalue weighted by Crippen LogP contribution is 2.26. The minimum atomic E-state index is 0.541. The van der Waals surface area contributed by atoms with E-state index in [4.69, 9.17) is 22.1 Å². The monoisotopic (exact) mass is 248 g/mol. The fourth-order valence-corrected chi connectivity index (χ4v) is 1.71. The summed E-state index contributed by atoms with van der Waals surface area (Å²) in [6, 6.07) is 9.17. The SMILES string of the molecule is Nc1ccc(OCCc2ccncc2)c(Cl)c1. The van der Waals surface area contributed by atoms with Crippen LogP contribution in [0.2, 0.25) is 5.02 Å². The molecule has 0 amide bonds. The Kier molecular flexibility index (Phi) is 3.83. The molecule has 0 saturated carbocycles. The van der Waals surface area contributed by atoms with Gasteiger partial charge in [0.1, 0.15) is 5.75 Å². The zero-order valence-electron chi connectivity index (χ0n) is 9.27. The van der Waals surface area contributed by atoms with Crippen LogP contribution in [0, 0.1) is 0 Å². The van der Waals surface area contributed by atoms with Crippen LogP contribution >= 0.6 is 11.6 Å². The van der Waals surface area contributed by atoms with Crippen LogP contribution in [0.3, 0.4) is 0 Å². The summed E-state index contributed by atoms with van der Waals surface area (Å²) in [5, 5.41) is 0.541. The van der Waals surface area contributed by atoms with Crippen LogP contribution in [-0.4, -0.2) is 11.6 Å². The molecule has 2 aromatic rings. The van der Waals surface area contributed by atoms with Gasteiger partial charge >= 0.3 is 0 Å². The zero-order chi connectivity index (χ0) is 12.1. The van der Waals surface area contributed by atoms with Crippen LogP contribution in [0.25, 0.3) is 0 Å². The van der Waals surface area contributed by atoms with Crippen LogP contribution < -0.4 is 10.5 Å². The lowest BCUT2D eigenvalue weighted by Gasteiger charge is -2.08. The molecular formula is C13H13ClN2O. The van der Waals surface area contributed by atoms with Gasteiger partial charge in [0.2, 0.25) is 0 Å². The third-order valence-corrected chi connectivity index (χ3v) is 2.65. The van der Waals surface area contributed by atoms with Crippen LogP contribution in [0.1, 0.15) is 5.56 Å². The Balaban J connectivity index is 1.90. The molecule has 0 spiro atoms. The van der Waals surface area contributed by atoms with Crippen molar-refractivity contribution in [1.82, 2.24) is 4.98 Å². The number of hydrogen-bond acceptors (Lipinski definition) is 3. The van der Waals surface area contributed by atoms with Crippen LogP contribution in [0.15, 0.2) is 42.7 Å². The molecule has 2 N–H and O–H groups in total. The number of hydrogen-bond donors (Lipinski definition) is 1. The van der Waals surface area contributed by atoms with Gasteiger partial charge in [-0.1, -0.05) is 11.6 Å². The summed E-state index contributed by atoms with van der Waals surface area (Å²) in [6.45, 7) is 0.577. The molecule has 0 bridgehead atoms. The Bertz CT molecular complexity index is 488. The Labute approximate surface area is 105 Å². The molecule has 0 saturated heterocycles. The van der Waals surface area contributed by atoms with Crippen molar-refractivity contribution in [2.45, 2.75) is 6.42 Å². The third-order valence-electron chi connectivity index (χ3n) is 2.35. The van der Waals surface area contributed by atoms with Crippen molar-refractivity contribution in [3.05, 3.63) is 53.3 Å². The predicted octanol–water partition coefficient (Wildman–Crippen LogP) is 2.94. The number of nitrogens with two attached hydrogens (primary N) is 1. The maximum atomic E-state index is 6.00. The van der Waals surface area contributed by atoms with E-state index in [1.165, 1.54) is 5.56 Å². The molecule has 0 aliphatic carbocycles. The van der Waals surface area contributed by atoms with Gasteiger partial charge < -0.3 is 10.5 Å². The lowest BCUT2D eigenvalue weighted by molar-refractivity contribution is 0.322. The largest absolute Gasteiger partial charge is 0.492 e. The first-order valence-electron chi connectivity index (χ1n) is 5.32. The maximum absolute atomic E-state index is 6.00. The molecule has 2 rings (SSSR count). The Morgan fingerprint density at radius 2 is 1.94 bits per heavy atom. The summed E-state index contributed by atoms with van der Waals surface area (Å²) in [6.07, 6.45) is 4.36. The van der Waals surface area contributed by atoms with Gasteiger partial charge in [-0.15, -0.1) is 0 Å². The van der Waals surface area contributed by atoms with Crippen LogP contribution in [0.5, 0.6) is 5.75 Å². The molecule has 0 atom stereocenters. The maximum Gasteiger partial charge on any atom is 0.138 e. The summed E-state index contributed by atoms with van der Waals surface area (Å²) in [7, 11) is 0. The smallest absolute Gasteiger partial charge is 0.138 e. The fraction of sp³-hybridized carbons (Fsp3) is 0.154.